The Hall–Kier alpha value is -4.13. The predicted octanol–water partition coefficient (Wildman–Crippen LogP) is 4.36. The summed E-state index contributed by atoms with van der Waals surface area (Å²) < 4.78 is 7.30. The van der Waals surface area contributed by atoms with E-state index in [2.05, 4.69) is 39.5 Å². The summed E-state index contributed by atoms with van der Waals surface area (Å²) in [5, 5.41) is 3.62. The van der Waals surface area contributed by atoms with Gasteiger partial charge in [0.1, 0.15) is 11.4 Å². The van der Waals surface area contributed by atoms with Crippen LogP contribution >= 0.6 is 0 Å². The number of fused-ring (bicyclic) bond motifs is 2. The molecule has 0 saturated carbocycles. The van der Waals surface area contributed by atoms with Gasteiger partial charge in [0.15, 0.2) is 0 Å². The summed E-state index contributed by atoms with van der Waals surface area (Å²) in [6.07, 6.45) is 3.72. The van der Waals surface area contributed by atoms with Gasteiger partial charge in [-0.05, 0) is 55.2 Å². The Morgan fingerprint density at radius 3 is 2.57 bits per heavy atom. The normalized spacial score (nSPS) is 13.0. The van der Waals surface area contributed by atoms with E-state index in [1.54, 1.807) is 38.0 Å². The Balaban J connectivity index is 1.60. The number of benzene rings is 2. The molecule has 2 aromatic carbocycles. The van der Waals surface area contributed by atoms with Gasteiger partial charge in [-0.15, -0.1) is 0 Å². The maximum Gasteiger partial charge on any atom is 0.269 e. The molecule has 4 aromatic rings. The lowest BCUT2D eigenvalue weighted by Gasteiger charge is -2.33. The molecule has 5 rings (SSSR count). The highest BCUT2D eigenvalue weighted by Gasteiger charge is 2.22. The molecule has 0 radical (unpaired) electrons. The van der Waals surface area contributed by atoms with E-state index in [1.807, 2.05) is 25.1 Å². The van der Waals surface area contributed by atoms with Crippen molar-refractivity contribution in [3.8, 4) is 16.9 Å². The first-order valence-electron chi connectivity index (χ1n) is 11.7. The van der Waals surface area contributed by atoms with Gasteiger partial charge in [-0.2, -0.15) is 0 Å². The molecular formula is C28H28N4O3. The largest absolute Gasteiger partial charge is 0.497 e. The summed E-state index contributed by atoms with van der Waals surface area (Å²) in [6.45, 7) is 2.73. The summed E-state index contributed by atoms with van der Waals surface area (Å²) in [4.78, 5) is 31.1. The molecule has 35 heavy (non-hydrogen) atoms. The standard InChI is InChI=1S/C28H28N4O3/c1-17-12-22-25(31(3)28(17)34)14-21(35-4)15-26(22)32-11-5-6-19-13-18(8-10-24(19)32)20-7-9-23(30-16-20)27(33)29-2/h7-10,12-16H,5-6,11H2,1-4H3,(H,29,33). The number of methoxy groups -OCH3 is 1. The van der Waals surface area contributed by atoms with Crippen molar-refractivity contribution in [2.24, 2.45) is 7.05 Å². The number of hydrogen-bond donors (Lipinski definition) is 1. The fourth-order valence-corrected chi connectivity index (χ4v) is 4.87. The van der Waals surface area contributed by atoms with Crippen LogP contribution in [-0.2, 0) is 13.5 Å². The molecule has 7 heteroatoms. The molecular weight excluding hydrogens is 440 g/mol. The van der Waals surface area contributed by atoms with Crippen LogP contribution in [-0.4, -0.2) is 36.2 Å². The molecule has 1 aliphatic heterocycles. The zero-order chi connectivity index (χ0) is 24.7. The minimum atomic E-state index is -0.198. The van der Waals surface area contributed by atoms with E-state index in [0.29, 0.717) is 11.3 Å². The summed E-state index contributed by atoms with van der Waals surface area (Å²) in [5.41, 5.74) is 7.42. The smallest absolute Gasteiger partial charge is 0.269 e. The molecule has 0 fully saturated rings. The molecule has 0 aliphatic carbocycles. The van der Waals surface area contributed by atoms with Gasteiger partial charge in [0.25, 0.3) is 11.5 Å². The predicted molar refractivity (Wildman–Crippen MR) is 139 cm³/mol. The van der Waals surface area contributed by atoms with Crippen molar-refractivity contribution in [2.45, 2.75) is 19.8 Å². The van der Waals surface area contributed by atoms with Crippen molar-refractivity contribution < 1.29 is 9.53 Å². The summed E-state index contributed by atoms with van der Waals surface area (Å²) in [6, 6.07) is 16.1. The molecule has 178 valence electrons. The third-order valence-corrected chi connectivity index (χ3v) is 6.76. The number of ether oxygens (including phenoxy) is 1. The topological polar surface area (TPSA) is 76.5 Å². The van der Waals surface area contributed by atoms with Gasteiger partial charge < -0.3 is 19.5 Å². The lowest BCUT2D eigenvalue weighted by atomic mass is 9.95. The monoisotopic (exact) mass is 468 g/mol. The van der Waals surface area contributed by atoms with Crippen molar-refractivity contribution in [3.05, 3.63) is 81.9 Å². The lowest BCUT2D eigenvalue weighted by molar-refractivity contribution is 0.0958. The van der Waals surface area contributed by atoms with Crippen molar-refractivity contribution in [1.82, 2.24) is 14.9 Å². The van der Waals surface area contributed by atoms with Gasteiger partial charge in [-0.1, -0.05) is 12.1 Å². The van der Waals surface area contributed by atoms with E-state index in [4.69, 9.17) is 4.74 Å². The molecule has 0 unspecified atom stereocenters. The van der Waals surface area contributed by atoms with Crippen molar-refractivity contribution in [2.75, 3.05) is 25.6 Å². The molecule has 0 spiro atoms. The molecule has 3 heterocycles. The van der Waals surface area contributed by atoms with Gasteiger partial charge in [-0.25, -0.2) is 0 Å². The van der Waals surface area contributed by atoms with Crippen LogP contribution in [0.25, 0.3) is 22.0 Å². The molecule has 0 saturated heterocycles. The number of carbonyl (C=O) groups is 1. The number of nitrogens with zero attached hydrogens (tertiary/aromatic N) is 3. The number of rotatable bonds is 4. The van der Waals surface area contributed by atoms with Gasteiger partial charge >= 0.3 is 0 Å². The zero-order valence-electron chi connectivity index (χ0n) is 20.4. The quantitative estimate of drug-likeness (QED) is 0.482. The maximum atomic E-state index is 12.6. The molecule has 7 nitrogen and oxygen atoms in total. The van der Waals surface area contributed by atoms with E-state index < -0.39 is 0 Å². The summed E-state index contributed by atoms with van der Waals surface area (Å²) >= 11 is 0. The number of anilines is 2. The fraction of sp³-hybridized carbons (Fsp3) is 0.250. The average molecular weight is 469 g/mol. The number of hydrogen-bond acceptors (Lipinski definition) is 5. The Kier molecular flexibility index (Phi) is 5.76. The van der Waals surface area contributed by atoms with Crippen LogP contribution in [0.5, 0.6) is 5.75 Å². The minimum absolute atomic E-state index is 0.00330. The van der Waals surface area contributed by atoms with E-state index in [-0.39, 0.29) is 11.5 Å². The van der Waals surface area contributed by atoms with Crippen LogP contribution in [0.15, 0.2) is 59.5 Å². The first kappa shape index (κ1) is 22.7. The number of pyridine rings is 2. The zero-order valence-corrected chi connectivity index (χ0v) is 20.4. The number of nitrogens with one attached hydrogen (secondary N) is 1. The Morgan fingerprint density at radius 2 is 1.86 bits per heavy atom. The van der Waals surface area contributed by atoms with Crippen LogP contribution in [0, 0.1) is 6.92 Å². The van der Waals surface area contributed by atoms with Gasteiger partial charge in [0.2, 0.25) is 0 Å². The first-order valence-corrected chi connectivity index (χ1v) is 11.7. The Labute approximate surface area is 204 Å². The fourth-order valence-electron chi connectivity index (χ4n) is 4.87. The third-order valence-electron chi connectivity index (χ3n) is 6.76. The minimum Gasteiger partial charge on any atom is -0.497 e. The number of amides is 1. The van der Waals surface area contributed by atoms with Crippen LogP contribution in [0.3, 0.4) is 0 Å². The van der Waals surface area contributed by atoms with Crippen molar-refractivity contribution >= 4 is 28.2 Å². The Morgan fingerprint density at radius 1 is 1.06 bits per heavy atom. The van der Waals surface area contributed by atoms with Crippen molar-refractivity contribution in [1.29, 1.82) is 0 Å². The second-order valence-corrected chi connectivity index (χ2v) is 8.88. The number of aromatic nitrogens is 2. The van der Waals surface area contributed by atoms with Crippen LogP contribution in [0.1, 0.15) is 28.0 Å². The number of aryl methyl sites for hydroxylation is 3. The third kappa shape index (κ3) is 3.93. The molecule has 1 aliphatic rings. The molecule has 1 amide bonds. The van der Waals surface area contributed by atoms with Crippen LogP contribution in [0.2, 0.25) is 0 Å². The van der Waals surface area contributed by atoms with Gasteiger partial charge in [-0.3, -0.25) is 14.6 Å². The molecule has 0 atom stereocenters. The SMILES string of the molecule is CNC(=O)c1ccc(-c2ccc3c(c2)CCCN3c2cc(OC)cc3c2cc(C)c(=O)n3C)cn1. The average Bonchev–Trinajstić information content (AvgIpc) is 2.90. The Bertz CT molecular complexity index is 1510. The van der Waals surface area contributed by atoms with Crippen LogP contribution in [0.4, 0.5) is 11.4 Å². The molecule has 1 N–H and O–H groups in total. The highest BCUT2D eigenvalue weighted by molar-refractivity contribution is 5.97. The molecule has 0 bridgehead atoms. The van der Waals surface area contributed by atoms with Gasteiger partial charge in [0.05, 0.1) is 18.3 Å². The van der Waals surface area contributed by atoms with Gasteiger partial charge in [0, 0.05) is 61.2 Å². The summed E-state index contributed by atoms with van der Waals surface area (Å²) in [5.74, 6) is 0.522. The van der Waals surface area contributed by atoms with E-state index in [0.717, 1.165) is 58.5 Å². The van der Waals surface area contributed by atoms with Crippen LogP contribution < -0.4 is 20.5 Å². The number of carbonyl (C=O) groups excluding carboxylic acids is 1. The van der Waals surface area contributed by atoms with E-state index >= 15 is 0 Å². The van der Waals surface area contributed by atoms with Crippen molar-refractivity contribution in [3.63, 3.8) is 0 Å². The second kappa shape index (κ2) is 8.91. The highest BCUT2D eigenvalue weighted by Crippen LogP contribution is 2.40. The van der Waals surface area contributed by atoms with E-state index in [1.165, 1.54) is 5.56 Å². The second-order valence-electron chi connectivity index (χ2n) is 8.88. The van der Waals surface area contributed by atoms with E-state index in [9.17, 15) is 9.59 Å². The maximum absolute atomic E-state index is 12.6. The first-order chi connectivity index (χ1) is 16.9. The highest BCUT2D eigenvalue weighted by atomic mass is 16.5. The molecule has 2 aromatic heterocycles. The summed E-state index contributed by atoms with van der Waals surface area (Å²) in [7, 11) is 5.05. The lowest BCUT2D eigenvalue weighted by Crippen LogP contribution is -2.26.